The number of aliphatic hydroxyl groups is 3. The number of nitrogens with zero attached hydrogens (tertiary/aromatic N) is 6. The second kappa shape index (κ2) is 11.6. The zero-order valence-corrected chi connectivity index (χ0v) is 24.3. The van der Waals surface area contributed by atoms with Gasteiger partial charge in [-0.2, -0.15) is 4.98 Å². The lowest BCUT2D eigenvalue weighted by atomic mass is 10.1. The quantitative estimate of drug-likeness (QED) is 0.0813. The van der Waals surface area contributed by atoms with Gasteiger partial charge in [-0.15, -0.1) is 11.8 Å². The average Bonchev–Trinajstić information content (AvgIpc) is 3.71. The summed E-state index contributed by atoms with van der Waals surface area (Å²) >= 11 is 5.05. The van der Waals surface area contributed by atoms with Crippen LogP contribution in [0.5, 0.6) is 0 Å². The molecule has 2 fully saturated rings. The van der Waals surface area contributed by atoms with E-state index in [2.05, 4.69) is 42.2 Å². The molecule has 0 amide bonds. The molecular weight excluding hydrogens is 636 g/mol. The maximum atomic E-state index is 15.0. The number of aliphatic hydroxyl groups excluding tert-OH is 3. The summed E-state index contributed by atoms with van der Waals surface area (Å²) in [6.45, 7) is -5.55. The molecule has 2 aliphatic rings. The molecule has 9 atom stereocenters. The van der Waals surface area contributed by atoms with Crippen LogP contribution in [-0.4, -0.2) is 110 Å². The van der Waals surface area contributed by atoms with Crippen molar-refractivity contribution in [3.63, 3.8) is 0 Å². The summed E-state index contributed by atoms with van der Waals surface area (Å²) in [6.07, 6.45) is -4.99. The standard InChI is InChI=1S/C21H25FN9O9PS2/c22-10-7(1-30-5-26-11-16(30)24-4-25-18(11)35)39-8(13(10)33)3-38-41(37,42)40-15-14(34)9(2-32)43-20(15)31-6-27-12-17(31)28-21(23)29-19(12)36/h4-10,13-15,20,32-34H,1-3H2,(H,37,42)(H,24,25,35)(H3,23,28,29,36)/t7-,8+,9+,10+,13+,14+,15+,20+,41?/m0/s1. The van der Waals surface area contributed by atoms with Gasteiger partial charge in [0.2, 0.25) is 5.95 Å². The fourth-order valence-electron chi connectivity index (χ4n) is 4.99. The smallest absolute Gasteiger partial charge is 0.386 e. The van der Waals surface area contributed by atoms with Gasteiger partial charge in [-0.25, -0.2) is 23.9 Å². The van der Waals surface area contributed by atoms with Gasteiger partial charge in [-0.05, 0) is 0 Å². The fourth-order valence-corrected chi connectivity index (χ4v) is 7.96. The minimum absolute atomic E-state index is 0.0465. The van der Waals surface area contributed by atoms with Crippen LogP contribution in [0.2, 0.25) is 0 Å². The van der Waals surface area contributed by atoms with Gasteiger partial charge in [-0.3, -0.25) is 28.2 Å². The van der Waals surface area contributed by atoms with Crippen LogP contribution in [-0.2, 0) is 24.9 Å². The van der Waals surface area contributed by atoms with E-state index in [4.69, 9.17) is 19.5 Å². The highest BCUT2D eigenvalue weighted by Gasteiger charge is 2.49. The van der Waals surface area contributed by atoms with Crippen LogP contribution in [0.3, 0.4) is 0 Å². The molecule has 6 rings (SSSR count). The third-order valence-corrected chi connectivity index (χ3v) is 10.2. The van der Waals surface area contributed by atoms with Crippen molar-refractivity contribution in [2.45, 2.75) is 53.9 Å². The number of anilines is 1. The molecule has 0 bridgehead atoms. The number of H-pyrrole nitrogens is 2. The molecule has 1 unspecified atom stereocenters. The minimum atomic E-state index is -4.33. The van der Waals surface area contributed by atoms with E-state index >= 15 is 0 Å². The molecule has 232 valence electrons. The van der Waals surface area contributed by atoms with E-state index < -0.39 is 78.4 Å². The molecule has 0 radical (unpaired) electrons. The Hall–Kier alpha value is -2.88. The molecule has 0 aromatic carbocycles. The van der Waals surface area contributed by atoms with Crippen LogP contribution in [0.25, 0.3) is 22.3 Å². The van der Waals surface area contributed by atoms with Crippen molar-refractivity contribution in [2.24, 2.45) is 0 Å². The van der Waals surface area contributed by atoms with Crippen molar-refractivity contribution >= 4 is 59.1 Å². The molecule has 0 spiro atoms. The zero-order valence-electron chi connectivity index (χ0n) is 21.7. The van der Waals surface area contributed by atoms with Gasteiger partial charge in [0.15, 0.2) is 28.5 Å². The van der Waals surface area contributed by atoms with Crippen molar-refractivity contribution in [1.82, 2.24) is 39.0 Å². The van der Waals surface area contributed by atoms with Gasteiger partial charge in [0.1, 0.15) is 29.8 Å². The summed E-state index contributed by atoms with van der Waals surface area (Å²) in [6, 6.07) is 0. The number of hydrogen-bond acceptors (Lipinski definition) is 15. The Bertz CT molecular complexity index is 1820. The number of nitrogens with two attached hydrogens (primary N) is 1. The number of imidazole rings is 2. The van der Waals surface area contributed by atoms with Crippen molar-refractivity contribution in [3.8, 4) is 0 Å². The van der Waals surface area contributed by atoms with E-state index in [1.54, 1.807) is 0 Å². The van der Waals surface area contributed by atoms with Gasteiger partial charge >= 0.3 is 6.80 Å². The summed E-state index contributed by atoms with van der Waals surface area (Å²) in [4.78, 5) is 45.0. The minimum Gasteiger partial charge on any atom is -0.395 e. The third-order valence-electron chi connectivity index (χ3n) is 7.07. The van der Waals surface area contributed by atoms with E-state index in [1.807, 2.05) is 0 Å². The second-order valence-electron chi connectivity index (χ2n) is 9.80. The first-order valence-electron chi connectivity index (χ1n) is 12.7. The number of nitrogens with one attached hydrogen (secondary N) is 2. The van der Waals surface area contributed by atoms with Gasteiger partial charge in [0.25, 0.3) is 11.1 Å². The van der Waals surface area contributed by atoms with Crippen LogP contribution in [0.15, 0.2) is 28.6 Å². The van der Waals surface area contributed by atoms with Crippen LogP contribution >= 0.6 is 30.8 Å². The molecule has 18 nitrogen and oxygen atoms in total. The number of hydrogen-bond donors (Lipinski definition) is 7. The van der Waals surface area contributed by atoms with E-state index in [9.17, 15) is 33.9 Å². The molecule has 43 heavy (non-hydrogen) atoms. The summed E-state index contributed by atoms with van der Waals surface area (Å²) < 4.78 is 47.7. The van der Waals surface area contributed by atoms with Crippen LogP contribution in [0, 0.1) is 0 Å². The molecule has 4 aromatic heterocycles. The van der Waals surface area contributed by atoms with Gasteiger partial charge < -0.3 is 35.3 Å². The highest BCUT2D eigenvalue weighted by Crippen LogP contribution is 2.59. The number of alkyl halides is 1. The molecule has 4 aromatic rings. The first-order valence-corrected chi connectivity index (χ1v) is 16.3. The normalized spacial score (nSPS) is 30.8. The second-order valence-corrected chi connectivity index (χ2v) is 14.0. The van der Waals surface area contributed by atoms with Gasteiger partial charge in [-0.1, -0.05) is 12.2 Å². The van der Waals surface area contributed by atoms with Crippen molar-refractivity contribution in [1.29, 1.82) is 0 Å². The van der Waals surface area contributed by atoms with Crippen molar-refractivity contribution in [2.75, 3.05) is 18.9 Å². The molecule has 0 saturated carbocycles. The Kier molecular flexibility index (Phi) is 8.11. The number of fused-ring (bicyclic) bond motifs is 2. The SMILES string of the molecule is Nc1nc2c(ncn2[C@@H]2S[C@H](CO)[C@@H](O)[C@H]2OP(=O)(S)OC[C@H]2O[C@@H](Cn3cnc4c(=O)[nH]cnc43)[C@@H](F)[C@@H]2O)c(=O)[nH]1. The maximum absolute atomic E-state index is 15.0. The first kappa shape index (κ1) is 30.2. The lowest BCUT2D eigenvalue weighted by Gasteiger charge is -2.26. The number of ether oxygens (including phenoxy) is 1. The highest BCUT2D eigenvalue weighted by atomic mass is 32.7. The first-order chi connectivity index (χ1) is 20.5. The summed E-state index contributed by atoms with van der Waals surface area (Å²) in [5.74, 6) is -0.187. The summed E-state index contributed by atoms with van der Waals surface area (Å²) in [5, 5.41) is 29.4. The molecule has 7 N–H and O–H groups in total. The average molecular weight is 662 g/mol. The molecule has 2 saturated heterocycles. The predicted octanol–water partition coefficient (Wildman–Crippen LogP) is -1.29. The molecular formula is C21H25FN9O9PS2. The highest BCUT2D eigenvalue weighted by molar-refractivity contribution is 8.44. The number of aromatic amines is 2. The van der Waals surface area contributed by atoms with E-state index in [0.29, 0.717) is 0 Å². The summed E-state index contributed by atoms with van der Waals surface area (Å²) in [5.41, 5.74) is 4.85. The Morgan fingerprint density at radius 2 is 1.88 bits per heavy atom. The van der Waals surface area contributed by atoms with E-state index in [1.165, 1.54) is 28.1 Å². The Morgan fingerprint density at radius 1 is 1.14 bits per heavy atom. The summed E-state index contributed by atoms with van der Waals surface area (Å²) in [7, 11) is 0. The zero-order chi connectivity index (χ0) is 30.6. The molecule has 2 aliphatic heterocycles. The van der Waals surface area contributed by atoms with Crippen molar-refractivity contribution in [3.05, 3.63) is 39.7 Å². The number of aromatic nitrogens is 8. The fraction of sp³-hybridized carbons (Fsp3) is 0.524. The predicted molar refractivity (Wildman–Crippen MR) is 151 cm³/mol. The lowest BCUT2D eigenvalue weighted by molar-refractivity contribution is -0.0276. The largest absolute Gasteiger partial charge is 0.395 e. The number of thioether (sulfide) groups is 1. The number of rotatable bonds is 9. The number of nitrogen functional groups attached to an aromatic ring is 1. The van der Waals surface area contributed by atoms with Crippen LogP contribution < -0.4 is 16.9 Å². The Labute approximate surface area is 248 Å². The molecule has 22 heteroatoms. The number of thiol groups is 1. The molecule has 0 aliphatic carbocycles. The monoisotopic (exact) mass is 661 g/mol. The maximum Gasteiger partial charge on any atom is 0.386 e. The Morgan fingerprint density at radius 3 is 2.65 bits per heavy atom. The van der Waals surface area contributed by atoms with Crippen LogP contribution in [0.1, 0.15) is 5.37 Å². The Balaban J connectivity index is 1.15. The lowest BCUT2D eigenvalue weighted by Crippen LogP contribution is -2.35. The topological polar surface area (TPSA) is 259 Å². The number of halogens is 1. The van der Waals surface area contributed by atoms with E-state index in [0.717, 1.165) is 11.8 Å². The molecule has 6 heterocycles. The van der Waals surface area contributed by atoms with E-state index in [-0.39, 0.29) is 34.8 Å². The third kappa shape index (κ3) is 5.60. The van der Waals surface area contributed by atoms with Gasteiger partial charge in [0.05, 0.1) is 50.1 Å². The van der Waals surface area contributed by atoms with Crippen molar-refractivity contribution < 1.29 is 38.1 Å². The van der Waals surface area contributed by atoms with Crippen LogP contribution in [0.4, 0.5) is 10.3 Å². The van der Waals surface area contributed by atoms with Gasteiger partial charge in [0, 0.05) is 0 Å².